The molecule has 0 aliphatic carbocycles. The lowest BCUT2D eigenvalue weighted by atomic mass is 10.00. The number of nitrogens with zero attached hydrogens (tertiary/aromatic N) is 3. The molecule has 1 fully saturated rings. The topological polar surface area (TPSA) is 91.0 Å². The molecule has 8 heteroatoms. The molecule has 2 aromatic heterocycles. The number of H-pyrrole nitrogens is 1. The highest BCUT2D eigenvalue weighted by molar-refractivity contribution is 7.92. The second-order valence-electron chi connectivity index (χ2n) is 6.52. The van der Waals surface area contributed by atoms with Crippen molar-refractivity contribution in [1.29, 1.82) is 0 Å². The Balaban J connectivity index is 1.79. The van der Waals surface area contributed by atoms with Gasteiger partial charge in [0.25, 0.3) is 10.0 Å². The molecule has 1 saturated heterocycles. The molecular weight excluding hydrogens is 338 g/mol. The first-order chi connectivity index (χ1) is 11.9. The van der Waals surface area contributed by atoms with E-state index in [0.29, 0.717) is 23.1 Å². The number of aryl methyl sites for hydroxylation is 2. The van der Waals surface area contributed by atoms with Crippen molar-refractivity contribution in [2.75, 3.05) is 16.2 Å². The maximum Gasteiger partial charge on any atom is 0.265 e. The summed E-state index contributed by atoms with van der Waals surface area (Å²) in [7, 11) is -3.68. The van der Waals surface area contributed by atoms with Gasteiger partial charge in [-0.15, -0.1) is 0 Å². The van der Waals surface area contributed by atoms with E-state index in [-0.39, 0.29) is 4.90 Å². The van der Waals surface area contributed by atoms with Gasteiger partial charge in [-0.3, -0.25) is 9.82 Å². The van der Waals surface area contributed by atoms with Gasteiger partial charge in [0, 0.05) is 12.6 Å². The van der Waals surface area contributed by atoms with E-state index in [1.807, 2.05) is 6.07 Å². The molecule has 0 bridgehead atoms. The average Bonchev–Trinajstić information content (AvgIpc) is 2.94. The van der Waals surface area contributed by atoms with Gasteiger partial charge >= 0.3 is 0 Å². The molecule has 1 aliphatic heterocycles. The molecule has 3 heterocycles. The second kappa shape index (κ2) is 7.03. The molecule has 25 heavy (non-hydrogen) atoms. The van der Waals surface area contributed by atoms with Crippen molar-refractivity contribution in [1.82, 2.24) is 15.2 Å². The van der Waals surface area contributed by atoms with E-state index in [4.69, 9.17) is 0 Å². The highest BCUT2D eigenvalue weighted by atomic mass is 32.2. The summed E-state index contributed by atoms with van der Waals surface area (Å²) in [5.74, 6) is 0.908. The number of hydrogen-bond acceptors (Lipinski definition) is 5. The minimum Gasteiger partial charge on any atom is -0.354 e. The molecule has 2 N–H and O–H groups in total. The predicted molar refractivity (Wildman–Crippen MR) is 98.4 cm³/mol. The molecule has 1 unspecified atom stereocenters. The molecule has 0 radical (unpaired) electrons. The van der Waals surface area contributed by atoms with Gasteiger partial charge in [-0.1, -0.05) is 6.92 Å². The van der Waals surface area contributed by atoms with Crippen LogP contribution in [0.2, 0.25) is 0 Å². The maximum absolute atomic E-state index is 12.6. The van der Waals surface area contributed by atoms with Crippen LogP contribution in [0.1, 0.15) is 44.0 Å². The van der Waals surface area contributed by atoms with Crippen molar-refractivity contribution in [2.45, 2.75) is 57.4 Å². The number of anilines is 2. The minimum absolute atomic E-state index is 0.193. The molecule has 0 spiro atoms. The summed E-state index contributed by atoms with van der Waals surface area (Å²) in [6.45, 7) is 6.56. The Labute approximate surface area is 148 Å². The first kappa shape index (κ1) is 17.7. The van der Waals surface area contributed by atoms with Crippen LogP contribution in [0.25, 0.3) is 0 Å². The SMILES string of the molecule is CCC1CCCCN1c1ccc(NS(=O)(=O)c2c(C)n[nH]c2C)cn1. The van der Waals surface area contributed by atoms with E-state index in [0.717, 1.165) is 18.8 Å². The zero-order valence-electron chi connectivity index (χ0n) is 14.9. The minimum atomic E-state index is -3.68. The lowest BCUT2D eigenvalue weighted by molar-refractivity contribution is 0.447. The number of sulfonamides is 1. The Morgan fingerprint density at radius 1 is 1.32 bits per heavy atom. The number of aromatic amines is 1. The van der Waals surface area contributed by atoms with Crippen molar-refractivity contribution in [3.63, 3.8) is 0 Å². The van der Waals surface area contributed by atoms with Crippen LogP contribution >= 0.6 is 0 Å². The van der Waals surface area contributed by atoms with Gasteiger partial charge in [-0.2, -0.15) is 5.10 Å². The standard InChI is InChI=1S/C17H25N5O2S/c1-4-15-7-5-6-10-22(15)16-9-8-14(11-18-16)21-25(23,24)17-12(2)19-20-13(17)3/h8-9,11,15,21H,4-7,10H2,1-3H3,(H,19,20). The maximum atomic E-state index is 12.6. The van der Waals surface area contributed by atoms with E-state index in [9.17, 15) is 8.42 Å². The van der Waals surface area contributed by atoms with Gasteiger partial charge in [0.15, 0.2) is 0 Å². The van der Waals surface area contributed by atoms with Crippen molar-refractivity contribution >= 4 is 21.5 Å². The van der Waals surface area contributed by atoms with E-state index in [1.165, 1.54) is 19.3 Å². The largest absolute Gasteiger partial charge is 0.354 e. The predicted octanol–water partition coefficient (Wildman–Crippen LogP) is 2.99. The molecular formula is C17H25N5O2S. The quantitative estimate of drug-likeness (QED) is 0.852. The highest BCUT2D eigenvalue weighted by Gasteiger charge is 2.24. The Bertz CT molecular complexity index is 810. The highest BCUT2D eigenvalue weighted by Crippen LogP contribution is 2.26. The van der Waals surface area contributed by atoms with Crippen molar-refractivity contribution < 1.29 is 8.42 Å². The lowest BCUT2D eigenvalue weighted by Gasteiger charge is -2.36. The monoisotopic (exact) mass is 363 g/mol. The summed E-state index contributed by atoms with van der Waals surface area (Å²) >= 11 is 0. The van der Waals surface area contributed by atoms with E-state index >= 15 is 0 Å². The third-order valence-corrected chi connectivity index (χ3v) is 6.37. The number of hydrogen-bond donors (Lipinski definition) is 2. The van der Waals surface area contributed by atoms with E-state index in [2.05, 4.69) is 31.7 Å². The number of pyridine rings is 1. The molecule has 2 aromatic rings. The van der Waals surface area contributed by atoms with Crippen LogP contribution in [-0.4, -0.2) is 36.2 Å². The molecule has 0 saturated carbocycles. The van der Waals surface area contributed by atoms with Gasteiger partial charge in [0.05, 0.1) is 23.3 Å². The summed E-state index contributed by atoms with van der Waals surface area (Å²) < 4.78 is 27.7. The first-order valence-electron chi connectivity index (χ1n) is 8.69. The molecule has 7 nitrogen and oxygen atoms in total. The van der Waals surface area contributed by atoms with Gasteiger partial charge in [-0.25, -0.2) is 13.4 Å². The van der Waals surface area contributed by atoms with E-state index in [1.54, 1.807) is 26.1 Å². The van der Waals surface area contributed by atoms with Crippen molar-refractivity contribution in [3.8, 4) is 0 Å². The number of piperidine rings is 1. The smallest absolute Gasteiger partial charge is 0.265 e. The number of nitrogens with one attached hydrogen (secondary N) is 2. The molecule has 3 rings (SSSR count). The van der Waals surface area contributed by atoms with Gasteiger partial charge < -0.3 is 4.90 Å². The summed E-state index contributed by atoms with van der Waals surface area (Å²) in [6, 6.07) is 4.17. The third-order valence-electron chi connectivity index (χ3n) is 4.72. The molecule has 136 valence electrons. The zero-order valence-corrected chi connectivity index (χ0v) is 15.7. The normalized spacial score (nSPS) is 18.4. The fraction of sp³-hybridized carbons (Fsp3) is 0.529. The molecule has 1 aliphatic rings. The summed E-state index contributed by atoms with van der Waals surface area (Å²) in [5, 5.41) is 6.65. The molecule has 1 atom stereocenters. The van der Waals surface area contributed by atoms with Crippen LogP contribution in [0.4, 0.5) is 11.5 Å². The van der Waals surface area contributed by atoms with Crippen LogP contribution in [0.15, 0.2) is 23.2 Å². The Morgan fingerprint density at radius 3 is 2.72 bits per heavy atom. The van der Waals surface area contributed by atoms with E-state index < -0.39 is 10.0 Å². The van der Waals surface area contributed by atoms with Crippen molar-refractivity contribution in [3.05, 3.63) is 29.7 Å². The Kier molecular flexibility index (Phi) is 4.99. The third kappa shape index (κ3) is 3.63. The van der Waals surface area contributed by atoms with Crippen molar-refractivity contribution in [2.24, 2.45) is 0 Å². The Hall–Kier alpha value is -2.09. The fourth-order valence-corrected chi connectivity index (χ4v) is 4.90. The van der Waals surface area contributed by atoms with Crippen LogP contribution < -0.4 is 9.62 Å². The summed E-state index contributed by atoms with van der Waals surface area (Å²) in [5.41, 5.74) is 1.43. The Morgan fingerprint density at radius 2 is 2.12 bits per heavy atom. The summed E-state index contributed by atoms with van der Waals surface area (Å²) in [4.78, 5) is 7.01. The lowest BCUT2D eigenvalue weighted by Crippen LogP contribution is -2.39. The zero-order chi connectivity index (χ0) is 18.0. The average molecular weight is 363 g/mol. The molecule has 0 aromatic carbocycles. The van der Waals surface area contributed by atoms with Gasteiger partial charge in [0.1, 0.15) is 10.7 Å². The van der Waals surface area contributed by atoms with Crippen LogP contribution in [0.5, 0.6) is 0 Å². The first-order valence-corrected chi connectivity index (χ1v) is 10.2. The van der Waals surface area contributed by atoms with Crippen LogP contribution in [0, 0.1) is 13.8 Å². The van der Waals surface area contributed by atoms with Gasteiger partial charge in [-0.05, 0) is 51.7 Å². The molecule has 0 amide bonds. The van der Waals surface area contributed by atoms with Crippen LogP contribution in [0.3, 0.4) is 0 Å². The fourth-order valence-electron chi connectivity index (χ4n) is 3.49. The number of rotatable bonds is 5. The second-order valence-corrected chi connectivity index (χ2v) is 8.14. The van der Waals surface area contributed by atoms with Crippen LogP contribution in [-0.2, 0) is 10.0 Å². The summed E-state index contributed by atoms with van der Waals surface area (Å²) in [6.07, 6.45) is 6.29. The number of aromatic nitrogens is 3. The van der Waals surface area contributed by atoms with Gasteiger partial charge in [0.2, 0.25) is 0 Å².